The molecule has 2 heterocycles. The van der Waals surface area contributed by atoms with Gasteiger partial charge in [0, 0.05) is 23.5 Å². The van der Waals surface area contributed by atoms with Gasteiger partial charge in [-0.15, -0.1) is 0 Å². The maximum absolute atomic E-state index is 11.9. The third-order valence-corrected chi connectivity index (χ3v) is 3.11. The Bertz CT molecular complexity index is 652. The molecule has 0 aliphatic carbocycles. The van der Waals surface area contributed by atoms with Crippen LogP contribution in [0, 0.1) is 13.8 Å². The third-order valence-electron chi connectivity index (χ3n) is 2.55. The molecular formula is C12H11Cl2N3O. The lowest BCUT2D eigenvalue weighted by Crippen LogP contribution is -2.24. The van der Waals surface area contributed by atoms with Gasteiger partial charge in [-0.2, -0.15) is 0 Å². The molecule has 0 saturated heterocycles. The molecule has 2 aromatic heterocycles. The molecule has 6 heteroatoms. The van der Waals surface area contributed by atoms with Gasteiger partial charge in [-0.25, -0.2) is 9.97 Å². The zero-order valence-electron chi connectivity index (χ0n) is 9.94. The van der Waals surface area contributed by atoms with Gasteiger partial charge >= 0.3 is 0 Å². The summed E-state index contributed by atoms with van der Waals surface area (Å²) in [6.07, 6.45) is 1.57. The summed E-state index contributed by atoms with van der Waals surface area (Å²) in [6.45, 7) is 3.90. The standard InChI is InChI=1S/C12H11Cl2N3O/c1-7-3-12(18)17(8(2)16-7)6-9-5-15-11(14)4-10(9)13/h3-5H,6H2,1-2H3. The summed E-state index contributed by atoms with van der Waals surface area (Å²) in [7, 11) is 0. The Morgan fingerprint density at radius 1 is 1.28 bits per heavy atom. The third kappa shape index (κ3) is 2.71. The Kier molecular flexibility index (Phi) is 3.68. The number of aryl methyl sites for hydroxylation is 2. The van der Waals surface area contributed by atoms with E-state index in [0.717, 1.165) is 5.56 Å². The molecule has 0 bridgehead atoms. The summed E-state index contributed by atoms with van der Waals surface area (Å²) in [6, 6.07) is 3.05. The Morgan fingerprint density at radius 2 is 2.00 bits per heavy atom. The van der Waals surface area contributed by atoms with Crippen molar-refractivity contribution in [1.82, 2.24) is 14.5 Å². The van der Waals surface area contributed by atoms with Crippen LogP contribution in [0.3, 0.4) is 0 Å². The lowest BCUT2D eigenvalue weighted by Gasteiger charge is -2.10. The average Bonchev–Trinajstić information content (AvgIpc) is 2.25. The zero-order valence-corrected chi connectivity index (χ0v) is 11.5. The van der Waals surface area contributed by atoms with Gasteiger partial charge in [0.2, 0.25) is 0 Å². The second kappa shape index (κ2) is 5.08. The predicted molar refractivity (Wildman–Crippen MR) is 71.3 cm³/mol. The summed E-state index contributed by atoms with van der Waals surface area (Å²) in [5.74, 6) is 0.644. The Morgan fingerprint density at radius 3 is 2.61 bits per heavy atom. The Labute approximate surface area is 114 Å². The van der Waals surface area contributed by atoms with Crippen LogP contribution in [-0.4, -0.2) is 14.5 Å². The number of pyridine rings is 1. The quantitative estimate of drug-likeness (QED) is 0.796. The van der Waals surface area contributed by atoms with Crippen molar-refractivity contribution < 1.29 is 0 Å². The summed E-state index contributed by atoms with van der Waals surface area (Å²) in [5.41, 5.74) is 1.33. The molecule has 0 unspecified atom stereocenters. The average molecular weight is 284 g/mol. The molecule has 0 aliphatic rings. The van der Waals surface area contributed by atoms with Crippen LogP contribution in [0.25, 0.3) is 0 Å². The van der Waals surface area contributed by atoms with Crippen LogP contribution in [0.5, 0.6) is 0 Å². The van der Waals surface area contributed by atoms with E-state index in [0.29, 0.717) is 28.2 Å². The van der Waals surface area contributed by atoms with E-state index in [9.17, 15) is 4.79 Å². The van der Waals surface area contributed by atoms with Crippen LogP contribution < -0.4 is 5.56 Å². The van der Waals surface area contributed by atoms with Crippen LogP contribution in [0.1, 0.15) is 17.1 Å². The van der Waals surface area contributed by atoms with Crippen LogP contribution in [0.2, 0.25) is 10.2 Å². The zero-order chi connectivity index (χ0) is 13.3. The van der Waals surface area contributed by atoms with Crippen molar-refractivity contribution in [1.29, 1.82) is 0 Å². The van der Waals surface area contributed by atoms with Crippen molar-refractivity contribution in [3.8, 4) is 0 Å². The number of aromatic nitrogens is 3. The summed E-state index contributed by atoms with van der Waals surface area (Å²) in [4.78, 5) is 20.1. The molecular weight excluding hydrogens is 273 g/mol. The monoisotopic (exact) mass is 283 g/mol. The van der Waals surface area contributed by atoms with E-state index in [-0.39, 0.29) is 5.56 Å². The number of hydrogen-bond acceptors (Lipinski definition) is 3. The van der Waals surface area contributed by atoms with Crippen LogP contribution in [-0.2, 0) is 6.54 Å². The SMILES string of the molecule is Cc1cc(=O)n(Cc2cnc(Cl)cc2Cl)c(C)n1. The molecule has 0 fully saturated rings. The van der Waals surface area contributed by atoms with Crippen molar-refractivity contribution in [2.75, 3.05) is 0 Å². The number of nitrogens with zero attached hydrogens (tertiary/aromatic N) is 3. The number of halogens is 2. The highest BCUT2D eigenvalue weighted by atomic mass is 35.5. The highest BCUT2D eigenvalue weighted by Gasteiger charge is 2.07. The molecule has 2 rings (SSSR count). The fraction of sp³-hybridized carbons (Fsp3) is 0.250. The molecule has 0 aliphatic heterocycles. The molecule has 0 saturated carbocycles. The molecule has 18 heavy (non-hydrogen) atoms. The maximum atomic E-state index is 11.9. The first-order valence-electron chi connectivity index (χ1n) is 5.32. The van der Waals surface area contributed by atoms with E-state index in [1.807, 2.05) is 0 Å². The van der Waals surface area contributed by atoms with Gasteiger partial charge in [0.05, 0.1) is 11.6 Å². The van der Waals surface area contributed by atoms with Gasteiger partial charge in [-0.3, -0.25) is 9.36 Å². The predicted octanol–water partition coefficient (Wildman–Crippen LogP) is 2.61. The minimum absolute atomic E-state index is 0.106. The molecule has 0 spiro atoms. The van der Waals surface area contributed by atoms with Crippen molar-refractivity contribution in [3.63, 3.8) is 0 Å². The first-order valence-corrected chi connectivity index (χ1v) is 6.08. The van der Waals surface area contributed by atoms with E-state index >= 15 is 0 Å². The van der Waals surface area contributed by atoms with E-state index in [1.54, 1.807) is 30.7 Å². The topological polar surface area (TPSA) is 47.8 Å². The van der Waals surface area contributed by atoms with E-state index < -0.39 is 0 Å². The lowest BCUT2D eigenvalue weighted by atomic mass is 10.2. The number of hydrogen-bond donors (Lipinski definition) is 0. The summed E-state index contributed by atoms with van der Waals surface area (Å²) >= 11 is 11.8. The molecule has 0 N–H and O–H groups in total. The van der Waals surface area contributed by atoms with Gasteiger partial charge in [0.1, 0.15) is 11.0 Å². The molecule has 0 atom stereocenters. The summed E-state index contributed by atoms with van der Waals surface area (Å²) in [5, 5.41) is 0.816. The largest absolute Gasteiger partial charge is 0.292 e. The minimum atomic E-state index is -0.106. The smallest absolute Gasteiger partial charge is 0.254 e. The summed E-state index contributed by atoms with van der Waals surface area (Å²) < 4.78 is 1.55. The second-order valence-electron chi connectivity index (χ2n) is 3.97. The maximum Gasteiger partial charge on any atom is 0.254 e. The first kappa shape index (κ1) is 13.1. The highest BCUT2D eigenvalue weighted by Crippen LogP contribution is 2.19. The molecule has 0 radical (unpaired) electrons. The van der Waals surface area contributed by atoms with Gasteiger partial charge in [0.25, 0.3) is 5.56 Å². The highest BCUT2D eigenvalue weighted by molar-refractivity contribution is 6.34. The fourth-order valence-corrected chi connectivity index (χ4v) is 2.10. The minimum Gasteiger partial charge on any atom is -0.292 e. The van der Waals surface area contributed by atoms with Crippen molar-refractivity contribution >= 4 is 23.2 Å². The first-order chi connectivity index (χ1) is 8.47. The van der Waals surface area contributed by atoms with Crippen molar-refractivity contribution in [2.24, 2.45) is 0 Å². The van der Waals surface area contributed by atoms with Gasteiger partial charge < -0.3 is 0 Å². The van der Waals surface area contributed by atoms with Crippen LogP contribution in [0.15, 0.2) is 23.1 Å². The molecule has 4 nitrogen and oxygen atoms in total. The van der Waals surface area contributed by atoms with Gasteiger partial charge in [0.15, 0.2) is 0 Å². The second-order valence-corrected chi connectivity index (χ2v) is 4.76. The Balaban J connectivity index is 2.43. The molecule has 0 aromatic carbocycles. The number of rotatable bonds is 2. The van der Waals surface area contributed by atoms with E-state index in [1.165, 1.54) is 6.07 Å². The molecule has 0 amide bonds. The lowest BCUT2D eigenvalue weighted by molar-refractivity contribution is 0.692. The van der Waals surface area contributed by atoms with Crippen LogP contribution >= 0.6 is 23.2 Å². The fourth-order valence-electron chi connectivity index (χ4n) is 1.68. The van der Waals surface area contributed by atoms with Gasteiger partial charge in [-0.05, 0) is 19.9 Å². The normalized spacial score (nSPS) is 10.7. The molecule has 94 valence electrons. The van der Waals surface area contributed by atoms with Crippen LogP contribution in [0.4, 0.5) is 0 Å². The molecule has 2 aromatic rings. The van der Waals surface area contributed by atoms with E-state index in [2.05, 4.69) is 9.97 Å². The van der Waals surface area contributed by atoms with E-state index in [4.69, 9.17) is 23.2 Å². The Hall–Kier alpha value is -1.39. The van der Waals surface area contributed by atoms with Crippen molar-refractivity contribution in [3.05, 3.63) is 55.9 Å². The van der Waals surface area contributed by atoms with Gasteiger partial charge in [-0.1, -0.05) is 23.2 Å². The van der Waals surface area contributed by atoms with Crippen molar-refractivity contribution in [2.45, 2.75) is 20.4 Å².